The maximum absolute atomic E-state index is 14.3. The Morgan fingerprint density at radius 3 is 1.67 bits per heavy atom. The molecule has 7 aromatic rings. The van der Waals surface area contributed by atoms with Gasteiger partial charge in [-0.15, -0.1) is 0 Å². The summed E-state index contributed by atoms with van der Waals surface area (Å²) in [6.45, 7) is 8.68. The predicted octanol–water partition coefficient (Wildman–Crippen LogP) is 10.6. The van der Waals surface area contributed by atoms with E-state index >= 15 is 0 Å². The number of carbonyl (C=O) groups excluding carboxylic acids is 2. The van der Waals surface area contributed by atoms with Gasteiger partial charge in [0.1, 0.15) is 11.5 Å². The fourth-order valence-corrected chi connectivity index (χ4v) is 8.87. The number of aromatic nitrogens is 4. The Hall–Kier alpha value is -6.49. The van der Waals surface area contributed by atoms with Crippen LogP contribution in [-0.2, 0) is 18.9 Å². The van der Waals surface area contributed by atoms with E-state index in [-0.39, 0.29) is 17.7 Å². The van der Waals surface area contributed by atoms with Crippen LogP contribution in [0.25, 0.3) is 33.8 Å². The highest BCUT2D eigenvalue weighted by molar-refractivity contribution is 9.10. The highest BCUT2D eigenvalue weighted by atomic mass is 79.9. The molecule has 2 saturated heterocycles. The number of esters is 2. The van der Waals surface area contributed by atoms with E-state index in [1.165, 1.54) is 33.5 Å². The molecule has 9 rings (SSSR count). The number of carbonyl (C=O) groups is 2. The Morgan fingerprint density at radius 2 is 1.19 bits per heavy atom. The topological polar surface area (TPSA) is 148 Å². The number of nitrogens with one attached hydrogen (secondary N) is 2. The van der Waals surface area contributed by atoms with Gasteiger partial charge < -0.3 is 39.1 Å². The number of pyridine rings is 2. The van der Waals surface area contributed by atoms with Crippen LogP contribution in [0.1, 0.15) is 57.5 Å². The Kier molecular flexibility index (Phi) is 15.0. The van der Waals surface area contributed by atoms with E-state index in [0.29, 0.717) is 34.5 Å². The average Bonchev–Trinajstić information content (AvgIpc) is 3.98. The summed E-state index contributed by atoms with van der Waals surface area (Å²) in [5, 5.41) is 7.12. The molecular formula is C51H54BrFN6O8. The maximum Gasteiger partial charge on any atom is 0.338 e. The van der Waals surface area contributed by atoms with Crippen molar-refractivity contribution in [3.63, 3.8) is 0 Å². The molecule has 3 aromatic carbocycles. The number of ether oxygens (including phenoxy) is 6. The maximum atomic E-state index is 14.3. The number of methoxy groups -OCH3 is 3. The molecule has 0 unspecified atom stereocenters. The highest BCUT2D eigenvalue weighted by Gasteiger charge is 2.20. The number of fused-ring (bicyclic) bond motifs is 2. The van der Waals surface area contributed by atoms with Crippen molar-refractivity contribution >= 4 is 50.5 Å². The third kappa shape index (κ3) is 10.9. The predicted molar refractivity (Wildman–Crippen MR) is 258 cm³/mol. The van der Waals surface area contributed by atoms with Crippen molar-refractivity contribution < 1.29 is 42.4 Å². The molecule has 14 nitrogen and oxygen atoms in total. The molecular weight excluding hydrogens is 923 g/mol. The molecule has 6 heterocycles. The molecule has 2 fully saturated rings. The van der Waals surface area contributed by atoms with Gasteiger partial charge in [0.2, 0.25) is 0 Å². The molecule has 0 spiro atoms. The second-order valence-electron chi connectivity index (χ2n) is 16.6. The van der Waals surface area contributed by atoms with Crippen molar-refractivity contribution in [2.24, 2.45) is 11.8 Å². The van der Waals surface area contributed by atoms with Crippen molar-refractivity contribution in [3.05, 3.63) is 124 Å². The van der Waals surface area contributed by atoms with E-state index in [9.17, 15) is 14.0 Å². The Morgan fingerprint density at radius 1 is 0.687 bits per heavy atom. The van der Waals surface area contributed by atoms with Gasteiger partial charge in [-0.05, 0) is 121 Å². The van der Waals surface area contributed by atoms with Crippen molar-refractivity contribution in [1.29, 1.82) is 0 Å². The van der Waals surface area contributed by atoms with Gasteiger partial charge in [0, 0.05) is 73.4 Å². The monoisotopic (exact) mass is 976 g/mol. The van der Waals surface area contributed by atoms with Gasteiger partial charge in [0.15, 0.2) is 22.9 Å². The summed E-state index contributed by atoms with van der Waals surface area (Å²) in [6, 6.07) is 19.7. The number of hydrogen-bond donors (Lipinski definition) is 2. The van der Waals surface area contributed by atoms with E-state index in [2.05, 4.69) is 42.0 Å². The molecule has 0 amide bonds. The van der Waals surface area contributed by atoms with Gasteiger partial charge in [0.05, 0.1) is 73.8 Å². The van der Waals surface area contributed by atoms with Crippen LogP contribution in [0.4, 0.5) is 15.8 Å². The minimum atomic E-state index is -0.506. The van der Waals surface area contributed by atoms with Crippen molar-refractivity contribution in [2.45, 2.75) is 39.5 Å². The number of imidazole rings is 2. The quantitative estimate of drug-likeness (QED) is 0.106. The molecule has 0 aliphatic carbocycles. The fraction of sp³-hybridized carbons (Fsp3) is 0.333. The number of anilines is 2. The van der Waals surface area contributed by atoms with Crippen LogP contribution in [-0.4, -0.2) is 91.6 Å². The van der Waals surface area contributed by atoms with Crippen LogP contribution in [0.15, 0.2) is 96.0 Å². The molecule has 0 atom stereocenters. The number of rotatable bonds is 13. The van der Waals surface area contributed by atoms with Crippen LogP contribution in [0.3, 0.4) is 0 Å². The van der Waals surface area contributed by atoms with Crippen LogP contribution >= 0.6 is 15.9 Å². The standard InChI is InChI=1S/C29H30FN3O5.C22H24BrN3O3/c1-18-12-20(4-6-23(18)29(34)36-3)26-16-32-28-25(31-15-19-8-10-37-11-9-19)14-22(17-33(26)28)38-21-5-7-27(35-2)24(30)13-21;1-14-9-16(3-4-18(14)22(27)28-2)20-12-25-21-19(10-17(23)13-26(20)21)24-11-15-5-7-29-8-6-15/h4-7,12-14,16-17,19,31H,8-11,15H2,1-3H3;3-4,9-10,12-13,15,24H,5-8,11H2,1-2H3. The molecule has 67 heavy (non-hydrogen) atoms. The van der Waals surface area contributed by atoms with Crippen LogP contribution in [0.5, 0.6) is 17.2 Å². The number of halogens is 2. The summed E-state index contributed by atoms with van der Waals surface area (Å²) in [7, 11) is 4.18. The summed E-state index contributed by atoms with van der Waals surface area (Å²) in [5.74, 6) is 0.904. The Labute approximate surface area is 396 Å². The molecule has 350 valence electrons. The normalized spacial score (nSPS) is 14.3. The summed E-state index contributed by atoms with van der Waals surface area (Å²) >= 11 is 3.63. The molecule has 16 heteroatoms. The third-order valence-corrected chi connectivity index (χ3v) is 12.6. The number of aryl methyl sites for hydroxylation is 2. The first-order valence-corrected chi connectivity index (χ1v) is 23.0. The molecule has 0 saturated carbocycles. The molecule has 2 aliphatic heterocycles. The zero-order chi connectivity index (χ0) is 47.0. The van der Waals surface area contributed by atoms with Gasteiger partial charge in [0.25, 0.3) is 0 Å². The first-order chi connectivity index (χ1) is 32.5. The minimum absolute atomic E-state index is 0.147. The van der Waals surface area contributed by atoms with E-state index < -0.39 is 5.82 Å². The summed E-state index contributed by atoms with van der Waals surface area (Å²) < 4.78 is 51.1. The summed E-state index contributed by atoms with van der Waals surface area (Å²) in [5.41, 5.74) is 9.83. The van der Waals surface area contributed by atoms with Crippen molar-refractivity contribution in [1.82, 2.24) is 18.8 Å². The lowest BCUT2D eigenvalue weighted by atomic mass is 10.0. The Balaban J connectivity index is 0.000000188. The molecule has 2 N–H and O–H groups in total. The first-order valence-electron chi connectivity index (χ1n) is 22.2. The van der Waals surface area contributed by atoms with Crippen LogP contribution in [0, 0.1) is 31.5 Å². The lowest BCUT2D eigenvalue weighted by Crippen LogP contribution is -2.22. The number of benzene rings is 3. The average molecular weight is 978 g/mol. The lowest BCUT2D eigenvalue weighted by molar-refractivity contribution is 0.0591. The third-order valence-electron chi connectivity index (χ3n) is 12.2. The second-order valence-corrected chi connectivity index (χ2v) is 17.6. The van der Waals surface area contributed by atoms with E-state index in [1.54, 1.807) is 24.4 Å². The van der Waals surface area contributed by atoms with Gasteiger partial charge in [-0.2, -0.15) is 0 Å². The molecule has 2 aliphatic rings. The second kappa shape index (κ2) is 21.4. The Bertz CT molecular complexity index is 2890. The minimum Gasteiger partial charge on any atom is -0.494 e. The largest absolute Gasteiger partial charge is 0.494 e. The summed E-state index contributed by atoms with van der Waals surface area (Å²) in [6.07, 6.45) is 11.7. The fourth-order valence-electron chi connectivity index (χ4n) is 8.44. The van der Waals surface area contributed by atoms with Crippen LogP contribution < -0.4 is 20.1 Å². The summed E-state index contributed by atoms with van der Waals surface area (Å²) in [4.78, 5) is 33.3. The SMILES string of the molecule is COC(=O)c1ccc(-c2cnc3c(NCC4CCOCC4)cc(Br)cn23)cc1C.COC(=O)c1ccc(-c2cnc3c(NCC4CCOCC4)cc(Oc4ccc(OC)c(F)c4)cn23)cc1C. The van der Waals surface area contributed by atoms with Crippen molar-refractivity contribution in [2.75, 3.05) is 71.5 Å². The van der Waals surface area contributed by atoms with Gasteiger partial charge in [-0.3, -0.25) is 8.80 Å². The number of nitrogens with zero attached hydrogens (tertiary/aromatic N) is 4. The van der Waals surface area contributed by atoms with Crippen LogP contribution in [0.2, 0.25) is 0 Å². The van der Waals surface area contributed by atoms with E-state index in [4.69, 9.17) is 33.4 Å². The lowest BCUT2D eigenvalue weighted by Gasteiger charge is -2.23. The zero-order valence-corrected chi connectivity index (χ0v) is 39.8. The van der Waals surface area contributed by atoms with Gasteiger partial charge in [-0.1, -0.05) is 12.1 Å². The first kappa shape index (κ1) is 47.0. The smallest absolute Gasteiger partial charge is 0.338 e. The molecule has 4 aromatic heterocycles. The van der Waals surface area contributed by atoms with Gasteiger partial charge >= 0.3 is 11.9 Å². The zero-order valence-electron chi connectivity index (χ0n) is 38.2. The van der Waals surface area contributed by atoms with E-state index in [0.717, 1.165) is 126 Å². The van der Waals surface area contributed by atoms with Crippen molar-refractivity contribution in [3.8, 4) is 39.8 Å². The number of hydrogen-bond acceptors (Lipinski definition) is 12. The molecule has 0 radical (unpaired) electrons. The molecule has 0 bridgehead atoms. The van der Waals surface area contributed by atoms with Gasteiger partial charge in [-0.25, -0.2) is 23.9 Å². The van der Waals surface area contributed by atoms with E-state index in [1.807, 2.05) is 67.2 Å². The highest BCUT2D eigenvalue weighted by Crippen LogP contribution is 2.34.